The summed E-state index contributed by atoms with van der Waals surface area (Å²) in [5.41, 5.74) is 15.1. The molecule has 0 saturated heterocycles. The van der Waals surface area contributed by atoms with Crippen molar-refractivity contribution in [2.75, 3.05) is 0 Å². The standard InChI is InChI=1S/C56H34N4S/c1-3-16-35(17-4-1)39-24-14-25-40-41-26-15-31-50(56(41)61-55(39)40)60-47-30-12-8-23-43(47)52-49(60)33-32-48-51(52)42-22-7-11-29-46(42)59(48)38-21-13-20-37(34-38)54-53(36-18-5-2-6-19-36)57-44-27-9-10-28-45(44)58-54/h1-34H. The van der Waals surface area contributed by atoms with E-state index in [4.69, 9.17) is 9.97 Å². The van der Waals surface area contributed by atoms with Gasteiger partial charge in [0.1, 0.15) is 0 Å². The number of para-hydroxylation sites is 4. The molecule has 0 atom stereocenters. The molecule has 4 heterocycles. The van der Waals surface area contributed by atoms with E-state index in [0.29, 0.717) is 0 Å². The van der Waals surface area contributed by atoms with Crippen molar-refractivity contribution in [3.05, 3.63) is 206 Å². The Morgan fingerprint density at radius 2 is 0.852 bits per heavy atom. The summed E-state index contributed by atoms with van der Waals surface area (Å²) in [7, 11) is 0. The first-order valence-electron chi connectivity index (χ1n) is 20.7. The Bertz CT molecular complexity index is 3880. The monoisotopic (exact) mass is 794 g/mol. The van der Waals surface area contributed by atoms with Crippen LogP contribution in [0.3, 0.4) is 0 Å². The van der Waals surface area contributed by atoms with Crippen molar-refractivity contribution >= 4 is 86.2 Å². The van der Waals surface area contributed by atoms with Gasteiger partial charge in [0.2, 0.25) is 0 Å². The summed E-state index contributed by atoms with van der Waals surface area (Å²) in [6.45, 7) is 0. The fraction of sp³-hybridized carbons (Fsp3) is 0. The van der Waals surface area contributed by atoms with Crippen molar-refractivity contribution in [2.45, 2.75) is 0 Å². The Kier molecular flexibility index (Phi) is 7.44. The van der Waals surface area contributed by atoms with Gasteiger partial charge in [0.25, 0.3) is 0 Å². The molecule has 0 fully saturated rings. The first-order valence-corrected chi connectivity index (χ1v) is 21.5. The van der Waals surface area contributed by atoms with E-state index in [-0.39, 0.29) is 0 Å². The Hall–Kier alpha value is -7.86. The van der Waals surface area contributed by atoms with E-state index in [9.17, 15) is 0 Å². The minimum Gasteiger partial charge on any atom is -0.309 e. The van der Waals surface area contributed by atoms with Gasteiger partial charge in [-0.25, -0.2) is 9.97 Å². The summed E-state index contributed by atoms with van der Waals surface area (Å²) in [5.74, 6) is 0. The summed E-state index contributed by atoms with van der Waals surface area (Å²) in [4.78, 5) is 10.4. The first-order chi connectivity index (χ1) is 30.3. The Balaban J connectivity index is 1.06. The second-order valence-corrected chi connectivity index (χ2v) is 16.7. The molecule has 61 heavy (non-hydrogen) atoms. The van der Waals surface area contributed by atoms with Gasteiger partial charge < -0.3 is 9.13 Å². The van der Waals surface area contributed by atoms with Crippen LogP contribution in [0.25, 0.3) is 120 Å². The van der Waals surface area contributed by atoms with E-state index < -0.39 is 0 Å². The predicted octanol–water partition coefficient (Wildman–Crippen LogP) is 15.2. The molecule has 0 radical (unpaired) electrons. The maximum atomic E-state index is 5.26. The Morgan fingerprint density at radius 1 is 0.344 bits per heavy atom. The molecular weight excluding hydrogens is 761 g/mol. The lowest BCUT2D eigenvalue weighted by Crippen LogP contribution is -1.98. The largest absolute Gasteiger partial charge is 0.309 e. The lowest BCUT2D eigenvalue weighted by atomic mass is 10.0. The van der Waals surface area contributed by atoms with E-state index in [1.165, 1.54) is 69.6 Å². The van der Waals surface area contributed by atoms with Gasteiger partial charge in [-0.1, -0.05) is 152 Å². The maximum Gasteiger partial charge on any atom is 0.0973 e. The molecule has 4 aromatic heterocycles. The van der Waals surface area contributed by atoms with Crippen LogP contribution in [0, 0.1) is 0 Å². The summed E-state index contributed by atoms with van der Waals surface area (Å²) in [6.07, 6.45) is 0. The molecule has 13 rings (SSSR count). The van der Waals surface area contributed by atoms with E-state index >= 15 is 0 Å². The van der Waals surface area contributed by atoms with E-state index in [2.05, 4.69) is 185 Å². The van der Waals surface area contributed by atoms with Gasteiger partial charge in [0.15, 0.2) is 0 Å². The van der Waals surface area contributed by atoms with Crippen LogP contribution < -0.4 is 0 Å². The van der Waals surface area contributed by atoms with E-state index in [1.807, 2.05) is 41.7 Å². The number of fused-ring (bicyclic) bond motifs is 11. The summed E-state index contributed by atoms with van der Waals surface area (Å²) < 4.78 is 7.53. The third-order valence-electron chi connectivity index (χ3n) is 12.3. The molecule has 0 N–H and O–H groups in total. The van der Waals surface area contributed by atoms with E-state index in [0.717, 1.165) is 50.3 Å². The molecule has 284 valence electrons. The molecule has 5 heteroatoms. The molecular formula is C56H34N4S. The minimum absolute atomic E-state index is 0.865. The van der Waals surface area contributed by atoms with Crippen molar-refractivity contribution < 1.29 is 0 Å². The number of aromatic nitrogens is 4. The SMILES string of the molecule is c1ccc(-c2nc3ccccc3nc2-c2cccc(-n3c4ccccc4c4c5c6ccccc6n(-c6cccc7c6sc6c(-c8ccccc8)cccc67)c5ccc43)c2)cc1. The summed E-state index contributed by atoms with van der Waals surface area (Å²) in [5, 5.41) is 7.54. The van der Waals surface area contributed by atoms with Crippen LogP contribution in [0.1, 0.15) is 0 Å². The number of benzene rings is 9. The average molecular weight is 795 g/mol. The van der Waals surface area contributed by atoms with Crippen LogP contribution in [0.5, 0.6) is 0 Å². The van der Waals surface area contributed by atoms with Crippen molar-refractivity contribution in [1.29, 1.82) is 0 Å². The van der Waals surface area contributed by atoms with Crippen molar-refractivity contribution in [2.24, 2.45) is 0 Å². The fourth-order valence-electron chi connectivity index (χ4n) is 9.67. The van der Waals surface area contributed by atoms with E-state index in [1.54, 1.807) is 0 Å². The Labute approximate surface area is 354 Å². The number of hydrogen-bond acceptors (Lipinski definition) is 3. The lowest BCUT2D eigenvalue weighted by molar-refractivity contribution is 1.17. The molecule has 13 aromatic rings. The van der Waals surface area contributed by atoms with Crippen LogP contribution >= 0.6 is 11.3 Å². The third kappa shape index (κ3) is 5.11. The molecule has 0 aliphatic rings. The van der Waals surface area contributed by atoms with Crippen LogP contribution in [-0.2, 0) is 0 Å². The molecule has 0 aliphatic heterocycles. The van der Waals surface area contributed by atoms with Crippen LogP contribution in [0.4, 0.5) is 0 Å². The molecule has 9 aromatic carbocycles. The fourth-order valence-corrected chi connectivity index (χ4v) is 11.0. The molecule has 0 spiro atoms. The van der Waals surface area contributed by atoms with Crippen molar-refractivity contribution in [3.8, 4) is 45.0 Å². The molecule has 0 unspecified atom stereocenters. The highest BCUT2D eigenvalue weighted by Crippen LogP contribution is 2.46. The normalized spacial score (nSPS) is 11.9. The van der Waals surface area contributed by atoms with Crippen LogP contribution in [0.15, 0.2) is 206 Å². The van der Waals surface area contributed by atoms with Crippen molar-refractivity contribution in [3.63, 3.8) is 0 Å². The van der Waals surface area contributed by atoms with Crippen molar-refractivity contribution in [1.82, 2.24) is 19.1 Å². The van der Waals surface area contributed by atoms with Gasteiger partial charge in [-0.3, -0.25) is 0 Å². The Morgan fingerprint density at radius 3 is 1.56 bits per heavy atom. The zero-order valence-electron chi connectivity index (χ0n) is 32.8. The molecule has 0 bridgehead atoms. The second-order valence-electron chi connectivity index (χ2n) is 15.7. The molecule has 0 amide bonds. The van der Waals surface area contributed by atoms with Gasteiger partial charge in [-0.05, 0) is 65.7 Å². The number of nitrogens with zero attached hydrogens (tertiary/aromatic N) is 4. The van der Waals surface area contributed by atoms with Gasteiger partial charge in [0, 0.05) is 53.8 Å². The second kappa shape index (κ2) is 13.3. The highest BCUT2D eigenvalue weighted by molar-refractivity contribution is 7.26. The van der Waals surface area contributed by atoms with Gasteiger partial charge in [-0.15, -0.1) is 11.3 Å². The molecule has 0 saturated carbocycles. The maximum absolute atomic E-state index is 5.26. The zero-order valence-corrected chi connectivity index (χ0v) is 33.6. The molecule has 0 aliphatic carbocycles. The third-order valence-corrected chi connectivity index (χ3v) is 13.6. The number of hydrogen-bond donors (Lipinski definition) is 0. The average Bonchev–Trinajstić information content (AvgIpc) is 4.00. The molecule has 4 nitrogen and oxygen atoms in total. The number of thiophene rings is 1. The highest BCUT2D eigenvalue weighted by Gasteiger charge is 2.23. The topological polar surface area (TPSA) is 35.6 Å². The summed E-state index contributed by atoms with van der Waals surface area (Å²) >= 11 is 1.90. The zero-order chi connectivity index (χ0) is 40.0. The highest BCUT2D eigenvalue weighted by atomic mass is 32.1. The predicted molar refractivity (Wildman–Crippen MR) is 257 cm³/mol. The van der Waals surface area contributed by atoms with Crippen LogP contribution in [0.2, 0.25) is 0 Å². The van der Waals surface area contributed by atoms with Gasteiger partial charge in [0.05, 0.1) is 54.9 Å². The first kappa shape index (κ1) is 34.0. The lowest BCUT2D eigenvalue weighted by Gasteiger charge is -2.13. The minimum atomic E-state index is 0.865. The van der Waals surface area contributed by atoms with Crippen LogP contribution in [-0.4, -0.2) is 19.1 Å². The summed E-state index contributed by atoms with van der Waals surface area (Å²) in [6, 6.07) is 74.0. The quantitative estimate of drug-likeness (QED) is 0.174. The smallest absolute Gasteiger partial charge is 0.0973 e. The number of rotatable bonds is 5. The van der Waals surface area contributed by atoms with Gasteiger partial charge in [-0.2, -0.15) is 0 Å². The van der Waals surface area contributed by atoms with Gasteiger partial charge >= 0.3 is 0 Å².